The second kappa shape index (κ2) is 9.86. The molecule has 0 spiro atoms. The van der Waals surface area contributed by atoms with Gasteiger partial charge in [-0.3, -0.25) is 24.7 Å². The highest BCUT2D eigenvalue weighted by atomic mass is 35.5. The zero-order valence-corrected chi connectivity index (χ0v) is 15.5. The number of carbonyl (C=O) groups excluding carboxylic acids is 4. The predicted octanol–water partition coefficient (Wildman–Crippen LogP) is 1.16. The molecular formula is C17H21ClN4O5. The molecule has 1 saturated carbocycles. The van der Waals surface area contributed by atoms with Crippen LogP contribution in [-0.2, 0) is 14.3 Å². The molecule has 0 aliphatic heterocycles. The number of hydrogen-bond acceptors (Lipinski definition) is 6. The number of nitrogens with zero attached hydrogens (tertiary/aromatic N) is 1. The van der Waals surface area contributed by atoms with Gasteiger partial charge in [-0.05, 0) is 31.9 Å². The Hall–Kier alpha value is -2.68. The summed E-state index contributed by atoms with van der Waals surface area (Å²) in [5.74, 6) is -2.19. The fourth-order valence-corrected chi connectivity index (χ4v) is 2.73. The van der Waals surface area contributed by atoms with E-state index in [4.69, 9.17) is 16.3 Å². The molecule has 1 atom stereocenters. The molecule has 0 unspecified atom stereocenters. The van der Waals surface area contributed by atoms with Crippen molar-refractivity contribution in [2.45, 2.75) is 44.8 Å². The van der Waals surface area contributed by atoms with Crippen LogP contribution < -0.4 is 16.0 Å². The Balaban J connectivity index is 1.71. The monoisotopic (exact) mass is 396 g/mol. The Morgan fingerprint density at radius 3 is 2.67 bits per heavy atom. The highest BCUT2D eigenvalue weighted by molar-refractivity contribution is 6.30. The van der Waals surface area contributed by atoms with E-state index in [1.165, 1.54) is 25.3 Å². The molecule has 0 radical (unpaired) electrons. The second-order valence-corrected chi connectivity index (χ2v) is 6.55. The minimum Gasteiger partial charge on any atom is -0.451 e. The molecule has 27 heavy (non-hydrogen) atoms. The summed E-state index contributed by atoms with van der Waals surface area (Å²) in [6.07, 6.45) is 4.03. The number of hydrogen-bond donors (Lipinski definition) is 3. The van der Waals surface area contributed by atoms with E-state index < -0.39 is 36.5 Å². The van der Waals surface area contributed by atoms with Gasteiger partial charge in [0.1, 0.15) is 12.2 Å². The number of aromatic nitrogens is 1. The number of carbonyl (C=O) groups is 4. The topological polar surface area (TPSA) is 126 Å². The Morgan fingerprint density at radius 2 is 2.00 bits per heavy atom. The molecule has 4 amide bonds. The van der Waals surface area contributed by atoms with Crippen LogP contribution in [0.3, 0.4) is 0 Å². The summed E-state index contributed by atoms with van der Waals surface area (Å²) in [5, 5.41) is 7.47. The van der Waals surface area contributed by atoms with Gasteiger partial charge in [0.2, 0.25) is 0 Å². The van der Waals surface area contributed by atoms with E-state index in [1.807, 2.05) is 0 Å². The molecule has 3 N–H and O–H groups in total. The van der Waals surface area contributed by atoms with E-state index >= 15 is 0 Å². The Labute approximate surface area is 161 Å². The number of esters is 1. The first-order chi connectivity index (χ1) is 12.8. The zero-order chi connectivity index (χ0) is 19.8. The molecule has 1 aromatic heterocycles. The summed E-state index contributed by atoms with van der Waals surface area (Å²) in [7, 11) is 0. The smallest absolute Gasteiger partial charge is 0.326 e. The van der Waals surface area contributed by atoms with Crippen molar-refractivity contribution in [3.63, 3.8) is 0 Å². The Morgan fingerprint density at radius 1 is 1.30 bits per heavy atom. The summed E-state index contributed by atoms with van der Waals surface area (Å²) in [6.45, 7) is 0.870. The van der Waals surface area contributed by atoms with Crippen LogP contribution in [0, 0.1) is 0 Å². The van der Waals surface area contributed by atoms with E-state index in [9.17, 15) is 19.2 Å². The van der Waals surface area contributed by atoms with Crippen LogP contribution in [0.15, 0.2) is 18.3 Å². The number of amides is 4. The van der Waals surface area contributed by atoms with Gasteiger partial charge in [-0.25, -0.2) is 4.79 Å². The number of pyridine rings is 1. The first-order valence-corrected chi connectivity index (χ1v) is 8.93. The maximum atomic E-state index is 11.9. The summed E-state index contributed by atoms with van der Waals surface area (Å²) in [6, 6.07) is 2.30. The third-order valence-electron chi connectivity index (χ3n) is 3.95. The number of urea groups is 1. The van der Waals surface area contributed by atoms with Crippen molar-refractivity contribution in [3.8, 4) is 0 Å². The summed E-state index contributed by atoms with van der Waals surface area (Å²) in [5.41, 5.74) is 0.0460. The molecule has 10 heteroatoms. The molecule has 1 heterocycles. The van der Waals surface area contributed by atoms with E-state index in [0.29, 0.717) is 5.02 Å². The van der Waals surface area contributed by atoms with Crippen molar-refractivity contribution in [1.29, 1.82) is 0 Å². The maximum absolute atomic E-state index is 11.9. The normalized spacial score (nSPS) is 14.9. The SMILES string of the molecule is C[C@H](OC(=O)CNC(=O)c1cc(Cl)ccn1)C(=O)NC(=O)NC1CCCC1. The van der Waals surface area contributed by atoms with Crippen molar-refractivity contribution >= 4 is 35.4 Å². The second-order valence-electron chi connectivity index (χ2n) is 6.12. The van der Waals surface area contributed by atoms with Crippen LogP contribution in [0.1, 0.15) is 43.1 Å². The summed E-state index contributed by atoms with van der Waals surface area (Å²) < 4.78 is 4.90. The van der Waals surface area contributed by atoms with E-state index in [2.05, 4.69) is 20.9 Å². The average Bonchev–Trinajstić information content (AvgIpc) is 3.12. The minimum atomic E-state index is -1.19. The van der Waals surface area contributed by atoms with Gasteiger partial charge in [0.25, 0.3) is 11.8 Å². The molecule has 2 rings (SSSR count). The van der Waals surface area contributed by atoms with Gasteiger partial charge in [0.15, 0.2) is 6.10 Å². The predicted molar refractivity (Wildman–Crippen MR) is 96.1 cm³/mol. The van der Waals surface area contributed by atoms with Crippen LogP contribution in [0.25, 0.3) is 0 Å². The fraction of sp³-hybridized carbons (Fsp3) is 0.471. The highest BCUT2D eigenvalue weighted by Crippen LogP contribution is 2.17. The van der Waals surface area contributed by atoms with Crippen molar-refractivity contribution < 1.29 is 23.9 Å². The standard InChI is InChI=1S/C17H21ClN4O5/c1-10(15(24)22-17(26)21-12-4-2-3-5-12)27-14(23)9-20-16(25)13-8-11(18)6-7-19-13/h6-8,10,12H,2-5,9H2,1H3,(H,20,25)(H2,21,22,24,26)/t10-/m0/s1. The molecular weight excluding hydrogens is 376 g/mol. The fourth-order valence-electron chi connectivity index (χ4n) is 2.57. The molecule has 0 bridgehead atoms. The third kappa shape index (κ3) is 6.86. The largest absolute Gasteiger partial charge is 0.451 e. The van der Waals surface area contributed by atoms with Crippen molar-refractivity contribution in [1.82, 2.24) is 20.9 Å². The minimum absolute atomic E-state index is 0.0460. The quantitative estimate of drug-likeness (QED) is 0.619. The van der Waals surface area contributed by atoms with E-state index in [0.717, 1.165) is 25.7 Å². The number of rotatable bonds is 6. The highest BCUT2D eigenvalue weighted by Gasteiger charge is 2.23. The first kappa shape index (κ1) is 20.6. The number of nitrogens with one attached hydrogen (secondary N) is 3. The van der Waals surface area contributed by atoms with Crippen LogP contribution >= 0.6 is 11.6 Å². The van der Waals surface area contributed by atoms with Crippen LogP contribution in [-0.4, -0.2) is 47.5 Å². The lowest BCUT2D eigenvalue weighted by atomic mass is 10.2. The van der Waals surface area contributed by atoms with Crippen molar-refractivity contribution in [2.75, 3.05) is 6.54 Å². The third-order valence-corrected chi connectivity index (χ3v) is 4.19. The maximum Gasteiger partial charge on any atom is 0.326 e. The van der Waals surface area contributed by atoms with Gasteiger partial charge >= 0.3 is 12.0 Å². The number of halogens is 1. The van der Waals surface area contributed by atoms with Gasteiger partial charge in [0, 0.05) is 17.3 Å². The summed E-state index contributed by atoms with van der Waals surface area (Å²) in [4.78, 5) is 51.1. The zero-order valence-electron chi connectivity index (χ0n) is 14.8. The van der Waals surface area contributed by atoms with Gasteiger partial charge < -0.3 is 15.4 Å². The van der Waals surface area contributed by atoms with Crippen LogP contribution in [0.2, 0.25) is 5.02 Å². The molecule has 1 aliphatic carbocycles. The molecule has 0 saturated heterocycles. The number of ether oxygens (including phenoxy) is 1. The Kier molecular flexibility index (Phi) is 7.54. The lowest BCUT2D eigenvalue weighted by Gasteiger charge is -2.15. The lowest BCUT2D eigenvalue weighted by molar-refractivity contribution is -0.153. The first-order valence-electron chi connectivity index (χ1n) is 8.55. The Bertz CT molecular complexity index is 721. The van der Waals surface area contributed by atoms with Gasteiger partial charge in [-0.15, -0.1) is 0 Å². The van der Waals surface area contributed by atoms with E-state index in [1.54, 1.807) is 0 Å². The molecule has 9 nitrogen and oxygen atoms in total. The number of imide groups is 1. The average molecular weight is 397 g/mol. The van der Waals surface area contributed by atoms with Crippen LogP contribution in [0.5, 0.6) is 0 Å². The van der Waals surface area contributed by atoms with Gasteiger partial charge in [0.05, 0.1) is 0 Å². The molecule has 146 valence electrons. The summed E-state index contributed by atoms with van der Waals surface area (Å²) >= 11 is 5.76. The molecule has 0 aromatic carbocycles. The van der Waals surface area contributed by atoms with E-state index in [-0.39, 0.29) is 11.7 Å². The van der Waals surface area contributed by atoms with Crippen LogP contribution in [0.4, 0.5) is 4.79 Å². The molecule has 1 fully saturated rings. The van der Waals surface area contributed by atoms with Crippen molar-refractivity contribution in [3.05, 3.63) is 29.0 Å². The lowest BCUT2D eigenvalue weighted by Crippen LogP contribution is -2.47. The van der Waals surface area contributed by atoms with Gasteiger partial charge in [-0.2, -0.15) is 0 Å². The van der Waals surface area contributed by atoms with Gasteiger partial charge in [-0.1, -0.05) is 24.4 Å². The molecule has 1 aromatic rings. The van der Waals surface area contributed by atoms with Crippen molar-refractivity contribution in [2.24, 2.45) is 0 Å². The molecule has 1 aliphatic rings.